The maximum atomic E-state index is 14.1. The molecule has 0 radical (unpaired) electrons. The Bertz CT molecular complexity index is 1060. The highest BCUT2D eigenvalue weighted by atomic mass is 35.5. The van der Waals surface area contributed by atoms with Crippen molar-refractivity contribution < 1.29 is 19.0 Å². The van der Waals surface area contributed by atoms with Gasteiger partial charge in [0.1, 0.15) is 11.5 Å². The van der Waals surface area contributed by atoms with Crippen LogP contribution >= 0.6 is 11.6 Å². The topological polar surface area (TPSA) is 59.4 Å². The number of carbonyl (C=O) groups is 1. The predicted molar refractivity (Wildman–Crippen MR) is 112 cm³/mol. The number of aliphatic hydroxyl groups is 1. The normalized spacial score (nSPS) is 27.5. The summed E-state index contributed by atoms with van der Waals surface area (Å²) in [5.41, 5.74) is 2.85. The number of ketones is 1. The molecule has 1 aromatic carbocycles. The fourth-order valence-corrected chi connectivity index (χ4v) is 6.04. The first-order valence-electron chi connectivity index (χ1n) is 10.4. The SMILES string of the molecule is Cc1cc(Oc2ncc(Cl)cc2F)cc(C)c1C1=C(O)C2C(C1=O)[C@H]1CC[C@@H]2CC1. The summed E-state index contributed by atoms with van der Waals surface area (Å²) in [6, 6.07) is 4.65. The molecule has 1 aromatic heterocycles. The van der Waals surface area contributed by atoms with Crippen molar-refractivity contribution >= 4 is 23.0 Å². The third-order valence-electron chi connectivity index (χ3n) is 7.08. The van der Waals surface area contributed by atoms with Crippen LogP contribution in [0.2, 0.25) is 5.02 Å². The van der Waals surface area contributed by atoms with Gasteiger partial charge in [0.25, 0.3) is 5.88 Å². The van der Waals surface area contributed by atoms with Crippen molar-refractivity contribution in [1.82, 2.24) is 4.98 Å². The summed E-state index contributed by atoms with van der Waals surface area (Å²) in [5, 5.41) is 11.3. The van der Waals surface area contributed by atoms with E-state index in [1.807, 2.05) is 13.8 Å². The van der Waals surface area contributed by atoms with Crippen molar-refractivity contribution in [2.75, 3.05) is 0 Å². The van der Waals surface area contributed by atoms with Gasteiger partial charge in [0.05, 0.1) is 10.6 Å². The number of aryl methyl sites for hydroxylation is 2. The average molecular weight is 428 g/mol. The van der Waals surface area contributed by atoms with E-state index >= 15 is 0 Å². The highest BCUT2D eigenvalue weighted by Gasteiger charge is 2.54. The quantitative estimate of drug-likeness (QED) is 0.634. The van der Waals surface area contributed by atoms with E-state index in [1.165, 1.54) is 6.20 Å². The summed E-state index contributed by atoms with van der Waals surface area (Å²) in [6.45, 7) is 3.76. The molecule has 4 aliphatic rings. The zero-order valence-corrected chi connectivity index (χ0v) is 17.7. The molecule has 4 nitrogen and oxygen atoms in total. The third kappa shape index (κ3) is 2.94. The van der Waals surface area contributed by atoms with E-state index in [0.717, 1.165) is 48.4 Å². The summed E-state index contributed by atoms with van der Waals surface area (Å²) in [5.74, 6) is 0.655. The minimum absolute atomic E-state index is 0.0258. The van der Waals surface area contributed by atoms with Crippen LogP contribution in [0.1, 0.15) is 42.4 Å². The first-order chi connectivity index (χ1) is 14.3. The zero-order chi connectivity index (χ0) is 21.2. The molecule has 3 saturated carbocycles. The summed E-state index contributed by atoms with van der Waals surface area (Å²) in [7, 11) is 0. The van der Waals surface area contributed by atoms with Gasteiger partial charge >= 0.3 is 0 Å². The number of Topliss-reactive ketones (excluding diaryl/α,β-unsaturated/α-hetero) is 1. The molecule has 1 N–H and O–H groups in total. The lowest BCUT2D eigenvalue weighted by Gasteiger charge is -2.44. The Morgan fingerprint density at radius 2 is 1.67 bits per heavy atom. The van der Waals surface area contributed by atoms with E-state index in [9.17, 15) is 14.3 Å². The van der Waals surface area contributed by atoms with Crippen molar-refractivity contribution in [3.8, 4) is 11.6 Å². The van der Waals surface area contributed by atoms with Gasteiger partial charge in [-0.1, -0.05) is 11.6 Å². The summed E-state index contributed by atoms with van der Waals surface area (Å²) in [6.07, 6.45) is 5.69. The second-order valence-corrected chi connectivity index (χ2v) is 9.26. The Labute approximate surface area is 179 Å². The van der Waals surface area contributed by atoms with Crippen LogP contribution in [-0.2, 0) is 4.79 Å². The Hall–Kier alpha value is -2.40. The van der Waals surface area contributed by atoms with Gasteiger partial charge in [-0.3, -0.25) is 4.79 Å². The van der Waals surface area contributed by atoms with E-state index < -0.39 is 5.82 Å². The first kappa shape index (κ1) is 19.6. The van der Waals surface area contributed by atoms with E-state index in [0.29, 0.717) is 23.2 Å². The van der Waals surface area contributed by atoms with Crippen molar-refractivity contribution in [3.05, 3.63) is 57.7 Å². The lowest BCUT2D eigenvalue weighted by molar-refractivity contribution is -0.123. The van der Waals surface area contributed by atoms with E-state index in [1.54, 1.807) is 12.1 Å². The standard InChI is InChI=1S/C24H23ClFNO3/c1-11-7-16(30-24-17(26)9-15(25)10-27-24)8-12(2)18(11)21-22(28)19-13-3-4-14(6-5-13)20(19)23(21)29/h7-10,13-14,19-20,28H,3-6H2,1-2H3/t13-,14+,19?,20?. The van der Waals surface area contributed by atoms with Crippen LogP contribution in [0.15, 0.2) is 30.2 Å². The molecule has 6 rings (SSSR count). The van der Waals surface area contributed by atoms with Gasteiger partial charge in [-0.25, -0.2) is 9.37 Å². The molecule has 0 spiro atoms. The summed E-state index contributed by atoms with van der Waals surface area (Å²) >= 11 is 5.75. The van der Waals surface area contributed by atoms with Gasteiger partial charge in [0.15, 0.2) is 11.6 Å². The number of allylic oxidation sites excluding steroid dienone is 2. The Morgan fingerprint density at radius 1 is 1.07 bits per heavy atom. The van der Waals surface area contributed by atoms with Crippen LogP contribution in [0.25, 0.3) is 5.57 Å². The zero-order valence-electron chi connectivity index (χ0n) is 16.9. The largest absolute Gasteiger partial charge is 0.511 e. The second-order valence-electron chi connectivity index (χ2n) is 8.83. The number of carbonyl (C=O) groups excluding carboxylic acids is 1. The van der Waals surface area contributed by atoms with Crippen LogP contribution in [0, 0.1) is 43.3 Å². The average Bonchev–Trinajstić information content (AvgIpc) is 2.98. The molecule has 156 valence electrons. The van der Waals surface area contributed by atoms with Crippen LogP contribution in [-0.4, -0.2) is 15.9 Å². The first-order valence-corrected chi connectivity index (χ1v) is 10.8. The molecule has 2 unspecified atom stereocenters. The Morgan fingerprint density at radius 3 is 2.23 bits per heavy atom. The van der Waals surface area contributed by atoms with Gasteiger partial charge in [0, 0.05) is 18.0 Å². The van der Waals surface area contributed by atoms with Gasteiger partial charge in [-0.05, 0) is 86.3 Å². The fraction of sp³-hybridized carbons (Fsp3) is 0.417. The van der Waals surface area contributed by atoms with E-state index in [-0.39, 0.29) is 34.3 Å². The number of aliphatic hydroxyl groups excluding tert-OH is 1. The number of hydrogen-bond acceptors (Lipinski definition) is 4. The monoisotopic (exact) mass is 427 g/mol. The van der Waals surface area contributed by atoms with E-state index in [4.69, 9.17) is 16.3 Å². The Balaban J connectivity index is 1.52. The highest BCUT2D eigenvalue weighted by Crippen LogP contribution is 2.57. The number of ether oxygens (including phenoxy) is 1. The molecule has 0 saturated heterocycles. The van der Waals surface area contributed by atoms with Crippen LogP contribution < -0.4 is 4.74 Å². The fourth-order valence-electron chi connectivity index (χ4n) is 5.90. The van der Waals surface area contributed by atoms with Crippen molar-refractivity contribution in [2.45, 2.75) is 39.5 Å². The number of aromatic nitrogens is 1. The number of rotatable bonds is 3. The minimum Gasteiger partial charge on any atom is -0.511 e. The van der Waals surface area contributed by atoms with Gasteiger partial charge in [-0.2, -0.15) is 0 Å². The maximum Gasteiger partial charge on any atom is 0.255 e. The van der Waals surface area contributed by atoms with Crippen molar-refractivity contribution in [2.24, 2.45) is 23.7 Å². The lowest BCUT2D eigenvalue weighted by Crippen LogP contribution is -2.41. The predicted octanol–water partition coefficient (Wildman–Crippen LogP) is 6.19. The minimum atomic E-state index is -0.646. The van der Waals surface area contributed by atoms with Crippen LogP contribution in [0.5, 0.6) is 11.6 Å². The molecule has 1 heterocycles. The summed E-state index contributed by atoms with van der Waals surface area (Å²) < 4.78 is 19.7. The van der Waals surface area contributed by atoms with E-state index in [2.05, 4.69) is 4.98 Å². The number of pyridine rings is 1. The van der Waals surface area contributed by atoms with Crippen LogP contribution in [0.3, 0.4) is 0 Å². The summed E-state index contributed by atoms with van der Waals surface area (Å²) in [4.78, 5) is 17.3. The molecule has 30 heavy (non-hydrogen) atoms. The third-order valence-corrected chi connectivity index (χ3v) is 7.29. The highest BCUT2D eigenvalue weighted by molar-refractivity contribution is 6.30. The molecule has 6 heteroatoms. The molecule has 0 aliphatic heterocycles. The molecule has 2 bridgehead atoms. The molecule has 2 atom stereocenters. The van der Waals surface area contributed by atoms with Gasteiger partial charge in [0.2, 0.25) is 0 Å². The number of hydrogen-bond donors (Lipinski definition) is 1. The van der Waals surface area contributed by atoms with Gasteiger partial charge < -0.3 is 9.84 Å². The molecule has 4 aliphatic carbocycles. The Kier molecular flexibility index (Phi) is 4.62. The van der Waals surface area contributed by atoms with Crippen molar-refractivity contribution in [1.29, 1.82) is 0 Å². The molecule has 0 amide bonds. The smallest absolute Gasteiger partial charge is 0.255 e. The van der Waals surface area contributed by atoms with Gasteiger partial charge in [-0.15, -0.1) is 0 Å². The maximum absolute atomic E-state index is 14.1. The van der Waals surface area contributed by atoms with Crippen molar-refractivity contribution in [3.63, 3.8) is 0 Å². The number of halogens is 2. The number of nitrogens with zero attached hydrogens (tertiary/aromatic N) is 1. The van der Waals surface area contributed by atoms with Crippen LogP contribution in [0.4, 0.5) is 4.39 Å². The second kappa shape index (κ2) is 7.09. The molecular weight excluding hydrogens is 405 g/mol. The molecule has 2 aromatic rings. The lowest BCUT2D eigenvalue weighted by atomic mass is 9.59. The molecule has 3 fully saturated rings. The number of benzene rings is 1. The number of fused-ring (bicyclic) bond motifs is 2. The molecular formula is C24H23ClFNO3.